The van der Waals surface area contributed by atoms with Crippen LogP contribution < -0.4 is 5.32 Å². The minimum Gasteiger partial charge on any atom is -0.325 e. The normalized spacial score (nSPS) is 14.5. The third-order valence-corrected chi connectivity index (χ3v) is 5.36. The summed E-state index contributed by atoms with van der Waals surface area (Å²) >= 11 is 1.41. The molecule has 4 rings (SSSR count). The Balaban J connectivity index is 1.46. The van der Waals surface area contributed by atoms with Gasteiger partial charge in [-0.2, -0.15) is 0 Å². The van der Waals surface area contributed by atoms with E-state index in [1.54, 1.807) is 0 Å². The van der Waals surface area contributed by atoms with E-state index >= 15 is 0 Å². The summed E-state index contributed by atoms with van der Waals surface area (Å²) in [6, 6.07) is 12.0. The molecule has 2 heterocycles. The number of pyridine rings is 1. The fourth-order valence-corrected chi connectivity index (χ4v) is 3.84. The molecule has 1 atom stereocenters. The number of carbonyl (C=O) groups is 1. The SMILES string of the molecule is C[C@@H](Sc1nnc2ccccn12)C(=O)Nc1ccc2c(c1)CCC2. The molecule has 0 saturated carbocycles. The second-order valence-electron chi connectivity index (χ2n) is 6.00. The van der Waals surface area contributed by atoms with Gasteiger partial charge in [0.05, 0.1) is 5.25 Å². The summed E-state index contributed by atoms with van der Waals surface area (Å²) in [7, 11) is 0. The van der Waals surface area contributed by atoms with Crippen LogP contribution in [0.4, 0.5) is 5.69 Å². The molecule has 0 bridgehead atoms. The molecule has 122 valence electrons. The molecule has 1 N–H and O–H groups in total. The van der Waals surface area contributed by atoms with Crippen molar-refractivity contribution in [2.75, 3.05) is 5.32 Å². The maximum absolute atomic E-state index is 12.5. The number of benzene rings is 1. The second-order valence-corrected chi connectivity index (χ2v) is 7.31. The number of rotatable bonds is 4. The number of amides is 1. The first-order valence-corrected chi connectivity index (χ1v) is 8.98. The Labute approximate surface area is 144 Å². The van der Waals surface area contributed by atoms with Gasteiger partial charge in [0.1, 0.15) is 0 Å². The van der Waals surface area contributed by atoms with Crippen LogP contribution in [-0.2, 0) is 17.6 Å². The quantitative estimate of drug-likeness (QED) is 0.741. The Bertz CT molecular complexity index is 905. The Morgan fingerprint density at radius 2 is 2.08 bits per heavy atom. The number of hydrogen-bond donors (Lipinski definition) is 1. The van der Waals surface area contributed by atoms with Crippen molar-refractivity contribution in [3.8, 4) is 0 Å². The number of nitrogens with one attached hydrogen (secondary N) is 1. The van der Waals surface area contributed by atoms with E-state index in [1.807, 2.05) is 41.8 Å². The van der Waals surface area contributed by atoms with Gasteiger partial charge >= 0.3 is 0 Å². The lowest BCUT2D eigenvalue weighted by Crippen LogP contribution is -2.22. The van der Waals surface area contributed by atoms with Crippen molar-refractivity contribution in [3.05, 3.63) is 53.7 Å². The van der Waals surface area contributed by atoms with Gasteiger partial charge in [0.15, 0.2) is 10.8 Å². The molecule has 5 nitrogen and oxygen atoms in total. The van der Waals surface area contributed by atoms with E-state index < -0.39 is 0 Å². The molecule has 0 unspecified atom stereocenters. The maximum atomic E-state index is 12.5. The standard InChI is InChI=1S/C18H18N4OS/c1-12(24-18-21-20-16-7-2-3-10-22(16)18)17(23)19-15-9-8-13-5-4-6-14(13)11-15/h2-3,7-12H,4-6H2,1H3,(H,19,23)/t12-/m1/s1. The van der Waals surface area contributed by atoms with E-state index in [0.717, 1.165) is 29.3 Å². The molecule has 6 heteroatoms. The second kappa shape index (κ2) is 6.28. The molecule has 1 aliphatic carbocycles. The summed E-state index contributed by atoms with van der Waals surface area (Å²) < 4.78 is 1.89. The van der Waals surface area contributed by atoms with E-state index in [-0.39, 0.29) is 11.2 Å². The molecule has 0 fully saturated rings. The van der Waals surface area contributed by atoms with Gasteiger partial charge in [-0.05, 0) is 61.6 Å². The molecular weight excluding hydrogens is 320 g/mol. The predicted octanol–water partition coefficient (Wildman–Crippen LogP) is 3.34. The topological polar surface area (TPSA) is 59.3 Å². The van der Waals surface area contributed by atoms with Crippen LogP contribution in [0.1, 0.15) is 24.5 Å². The average molecular weight is 338 g/mol. The highest BCUT2D eigenvalue weighted by molar-refractivity contribution is 8.00. The number of fused-ring (bicyclic) bond motifs is 2. The largest absolute Gasteiger partial charge is 0.325 e. The number of anilines is 1. The predicted molar refractivity (Wildman–Crippen MR) is 95.4 cm³/mol. The lowest BCUT2D eigenvalue weighted by molar-refractivity contribution is -0.115. The van der Waals surface area contributed by atoms with Gasteiger partial charge in [0.2, 0.25) is 5.91 Å². The van der Waals surface area contributed by atoms with Crippen molar-refractivity contribution >= 4 is 29.0 Å². The zero-order valence-electron chi connectivity index (χ0n) is 13.4. The van der Waals surface area contributed by atoms with Crippen molar-refractivity contribution < 1.29 is 4.79 Å². The number of carbonyl (C=O) groups excluding carboxylic acids is 1. The van der Waals surface area contributed by atoms with Crippen LogP contribution in [0.15, 0.2) is 47.8 Å². The molecule has 1 aliphatic rings. The number of hydrogen-bond acceptors (Lipinski definition) is 4. The molecule has 3 aromatic rings. The molecule has 24 heavy (non-hydrogen) atoms. The number of thioether (sulfide) groups is 1. The molecule has 1 aromatic carbocycles. The summed E-state index contributed by atoms with van der Waals surface area (Å²) in [5, 5.41) is 11.8. The van der Waals surface area contributed by atoms with Crippen LogP contribution in [0.25, 0.3) is 5.65 Å². The van der Waals surface area contributed by atoms with E-state index in [1.165, 1.54) is 29.3 Å². The highest BCUT2D eigenvalue weighted by Gasteiger charge is 2.19. The minimum atomic E-state index is -0.258. The van der Waals surface area contributed by atoms with Crippen molar-refractivity contribution in [3.63, 3.8) is 0 Å². The Morgan fingerprint density at radius 3 is 3.00 bits per heavy atom. The molecule has 0 saturated heterocycles. The van der Waals surface area contributed by atoms with Gasteiger partial charge in [-0.3, -0.25) is 9.20 Å². The van der Waals surface area contributed by atoms with Crippen LogP contribution >= 0.6 is 11.8 Å². The number of aromatic nitrogens is 3. The van der Waals surface area contributed by atoms with Gasteiger partial charge in [-0.25, -0.2) is 0 Å². The molecule has 0 spiro atoms. The fourth-order valence-electron chi connectivity index (χ4n) is 3.00. The lowest BCUT2D eigenvalue weighted by Gasteiger charge is -2.12. The smallest absolute Gasteiger partial charge is 0.237 e. The van der Waals surface area contributed by atoms with E-state index in [9.17, 15) is 4.79 Å². The van der Waals surface area contributed by atoms with E-state index in [4.69, 9.17) is 0 Å². The van der Waals surface area contributed by atoms with Crippen LogP contribution in [0.3, 0.4) is 0 Å². The Kier molecular flexibility index (Phi) is 3.98. The van der Waals surface area contributed by atoms with Crippen LogP contribution in [0.5, 0.6) is 0 Å². The molecular formula is C18H18N4OS. The van der Waals surface area contributed by atoms with Crippen molar-refractivity contribution in [1.82, 2.24) is 14.6 Å². The summed E-state index contributed by atoms with van der Waals surface area (Å²) in [6.45, 7) is 1.89. The zero-order chi connectivity index (χ0) is 16.5. The van der Waals surface area contributed by atoms with Crippen molar-refractivity contribution in [2.24, 2.45) is 0 Å². The van der Waals surface area contributed by atoms with E-state index in [0.29, 0.717) is 0 Å². The van der Waals surface area contributed by atoms with Crippen LogP contribution in [0, 0.1) is 0 Å². The molecule has 0 aliphatic heterocycles. The van der Waals surface area contributed by atoms with Crippen molar-refractivity contribution in [1.29, 1.82) is 0 Å². The first-order valence-electron chi connectivity index (χ1n) is 8.10. The summed E-state index contributed by atoms with van der Waals surface area (Å²) in [4.78, 5) is 12.5. The van der Waals surface area contributed by atoms with Gasteiger partial charge in [0.25, 0.3) is 0 Å². The first-order chi connectivity index (χ1) is 11.7. The lowest BCUT2D eigenvalue weighted by atomic mass is 10.1. The Hall–Kier alpha value is -2.34. The van der Waals surface area contributed by atoms with Crippen LogP contribution in [0.2, 0.25) is 0 Å². The van der Waals surface area contributed by atoms with Gasteiger partial charge in [-0.1, -0.05) is 23.9 Å². The third-order valence-electron chi connectivity index (χ3n) is 4.30. The number of nitrogens with zero attached hydrogens (tertiary/aromatic N) is 3. The highest BCUT2D eigenvalue weighted by atomic mass is 32.2. The summed E-state index contributed by atoms with van der Waals surface area (Å²) in [5.41, 5.74) is 4.42. The molecule has 0 radical (unpaired) electrons. The number of aryl methyl sites for hydroxylation is 2. The fraction of sp³-hybridized carbons (Fsp3) is 0.278. The average Bonchev–Trinajstić information content (AvgIpc) is 3.21. The van der Waals surface area contributed by atoms with E-state index in [2.05, 4.69) is 27.6 Å². The highest BCUT2D eigenvalue weighted by Crippen LogP contribution is 2.26. The third kappa shape index (κ3) is 2.89. The zero-order valence-corrected chi connectivity index (χ0v) is 14.2. The van der Waals surface area contributed by atoms with Gasteiger partial charge < -0.3 is 5.32 Å². The molecule has 2 aromatic heterocycles. The van der Waals surface area contributed by atoms with Crippen molar-refractivity contribution in [2.45, 2.75) is 36.6 Å². The Morgan fingerprint density at radius 1 is 1.21 bits per heavy atom. The monoisotopic (exact) mass is 338 g/mol. The minimum absolute atomic E-state index is 0.0226. The van der Waals surface area contributed by atoms with Gasteiger partial charge in [0, 0.05) is 11.9 Å². The first kappa shape index (κ1) is 15.2. The maximum Gasteiger partial charge on any atom is 0.237 e. The van der Waals surface area contributed by atoms with Gasteiger partial charge in [-0.15, -0.1) is 10.2 Å². The molecule has 1 amide bonds. The summed E-state index contributed by atoms with van der Waals surface area (Å²) in [5.74, 6) is -0.0226. The van der Waals surface area contributed by atoms with Crippen LogP contribution in [-0.4, -0.2) is 25.8 Å². The summed E-state index contributed by atoms with van der Waals surface area (Å²) in [6.07, 6.45) is 5.37.